The van der Waals surface area contributed by atoms with Crippen molar-refractivity contribution < 1.29 is 4.52 Å². The van der Waals surface area contributed by atoms with Crippen LogP contribution in [0.15, 0.2) is 22.0 Å². The largest absolute Gasteiger partial charge is 0.355 e. The Labute approximate surface area is 80.2 Å². The fourth-order valence-corrected chi connectivity index (χ4v) is 1.95. The second-order valence-electron chi connectivity index (χ2n) is 2.76. The van der Waals surface area contributed by atoms with Crippen molar-refractivity contribution >= 4 is 11.3 Å². The van der Waals surface area contributed by atoms with Crippen LogP contribution in [0.25, 0.3) is 10.6 Å². The van der Waals surface area contributed by atoms with E-state index in [9.17, 15) is 0 Å². The van der Waals surface area contributed by atoms with E-state index in [1.807, 2.05) is 24.4 Å². The highest BCUT2D eigenvalue weighted by Crippen LogP contribution is 2.28. The standard InChI is InChI=1S/C9H10N2OS/c1-6-7(5-10)11-12-9(6)8-3-2-4-13-8/h2-4H,5,10H2,1H3. The molecule has 0 aliphatic rings. The zero-order chi connectivity index (χ0) is 9.26. The van der Waals surface area contributed by atoms with Crippen LogP contribution < -0.4 is 5.73 Å². The first-order valence-corrected chi connectivity index (χ1v) is 4.90. The summed E-state index contributed by atoms with van der Waals surface area (Å²) in [5.41, 5.74) is 7.38. The van der Waals surface area contributed by atoms with Crippen LogP contribution in [0.2, 0.25) is 0 Å². The van der Waals surface area contributed by atoms with Crippen molar-refractivity contribution in [2.45, 2.75) is 13.5 Å². The van der Waals surface area contributed by atoms with Crippen molar-refractivity contribution in [3.05, 3.63) is 28.8 Å². The number of hydrogen-bond donors (Lipinski definition) is 1. The molecule has 2 aromatic rings. The molecular weight excluding hydrogens is 184 g/mol. The van der Waals surface area contributed by atoms with Crippen molar-refractivity contribution in [1.29, 1.82) is 0 Å². The highest BCUT2D eigenvalue weighted by molar-refractivity contribution is 7.13. The third kappa shape index (κ3) is 1.38. The van der Waals surface area contributed by atoms with Gasteiger partial charge in [-0.1, -0.05) is 11.2 Å². The first-order chi connectivity index (χ1) is 6.33. The van der Waals surface area contributed by atoms with Gasteiger partial charge in [-0.25, -0.2) is 0 Å². The van der Waals surface area contributed by atoms with Crippen LogP contribution in [0.1, 0.15) is 11.3 Å². The van der Waals surface area contributed by atoms with E-state index < -0.39 is 0 Å². The Morgan fingerprint density at radius 3 is 3.00 bits per heavy atom. The van der Waals surface area contributed by atoms with Gasteiger partial charge in [-0.15, -0.1) is 11.3 Å². The van der Waals surface area contributed by atoms with Crippen LogP contribution >= 0.6 is 11.3 Å². The van der Waals surface area contributed by atoms with Gasteiger partial charge in [0.15, 0.2) is 5.76 Å². The Morgan fingerprint density at radius 2 is 2.46 bits per heavy atom. The van der Waals surface area contributed by atoms with E-state index in [0.29, 0.717) is 6.54 Å². The molecule has 0 aliphatic carbocycles. The molecule has 0 saturated carbocycles. The molecule has 0 radical (unpaired) electrons. The number of nitrogens with zero attached hydrogens (tertiary/aromatic N) is 1. The molecule has 2 N–H and O–H groups in total. The normalized spacial score (nSPS) is 10.6. The molecule has 13 heavy (non-hydrogen) atoms. The molecule has 2 heterocycles. The summed E-state index contributed by atoms with van der Waals surface area (Å²) in [7, 11) is 0. The van der Waals surface area contributed by atoms with Crippen LogP contribution in [-0.4, -0.2) is 5.16 Å². The maximum atomic E-state index is 5.50. The molecule has 68 valence electrons. The van der Waals surface area contributed by atoms with Crippen LogP contribution in [0.4, 0.5) is 0 Å². The van der Waals surface area contributed by atoms with Crippen molar-refractivity contribution in [1.82, 2.24) is 5.16 Å². The Morgan fingerprint density at radius 1 is 1.62 bits per heavy atom. The Hall–Kier alpha value is -1.13. The molecule has 4 heteroatoms. The van der Waals surface area contributed by atoms with Gasteiger partial charge in [-0.05, 0) is 18.4 Å². The van der Waals surface area contributed by atoms with E-state index in [4.69, 9.17) is 10.3 Å². The lowest BCUT2D eigenvalue weighted by Gasteiger charge is -1.91. The van der Waals surface area contributed by atoms with Crippen LogP contribution in [0.3, 0.4) is 0 Å². The highest BCUT2D eigenvalue weighted by atomic mass is 32.1. The number of thiophene rings is 1. The minimum atomic E-state index is 0.431. The zero-order valence-electron chi connectivity index (χ0n) is 7.28. The Kier molecular flexibility index (Phi) is 2.16. The molecule has 0 fully saturated rings. The quantitative estimate of drug-likeness (QED) is 0.797. The maximum absolute atomic E-state index is 5.50. The summed E-state index contributed by atoms with van der Waals surface area (Å²) in [6, 6.07) is 4.00. The molecule has 0 unspecified atom stereocenters. The lowest BCUT2D eigenvalue weighted by atomic mass is 10.2. The zero-order valence-corrected chi connectivity index (χ0v) is 8.10. The second kappa shape index (κ2) is 3.32. The predicted molar refractivity (Wildman–Crippen MR) is 52.4 cm³/mol. The van der Waals surface area contributed by atoms with Crippen molar-refractivity contribution in [2.24, 2.45) is 5.73 Å². The summed E-state index contributed by atoms with van der Waals surface area (Å²) in [6.45, 7) is 2.41. The van der Waals surface area contributed by atoms with E-state index >= 15 is 0 Å². The van der Waals surface area contributed by atoms with Gasteiger partial charge in [0.25, 0.3) is 0 Å². The topological polar surface area (TPSA) is 52.0 Å². The molecule has 0 amide bonds. The van der Waals surface area contributed by atoms with E-state index in [1.54, 1.807) is 11.3 Å². The molecular formula is C9H10N2OS. The summed E-state index contributed by atoms with van der Waals surface area (Å²) in [5.74, 6) is 0.843. The fourth-order valence-electron chi connectivity index (χ4n) is 1.20. The van der Waals surface area contributed by atoms with Crippen LogP contribution in [0, 0.1) is 6.92 Å². The van der Waals surface area contributed by atoms with E-state index in [1.165, 1.54) is 0 Å². The summed E-state index contributed by atoms with van der Waals surface area (Å²) < 4.78 is 5.21. The van der Waals surface area contributed by atoms with Gasteiger partial charge in [0, 0.05) is 12.1 Å². The summed E-state index contributed by atoms with van der Waals surface area (Å²) >= 11 is 1.64. The predicted octanol–water partition coefficient (Wildman–Crippen LogP) is 2.17. The van der Waals surface area contributed by atoms with E-state index in [0.717, 1.165) is 21.9 Å². The van der Waals surface area contributed by atoms with Crippen molar-refractivity contribution in [3.63, 3.8) is 0 Å². The summed E-state index contributed by atoms with van der Waals surface area (Å²) in [4.78, 5) is 1.10. The van der Waals surface area contributed by atoms with E-state index in [-0.39, 0.29) is 0 Å². The van der Waals surface area contributed by atoms with Gasteiger partial charge in [-0.3, -0.25) is 0 Å². The minimum absolute atomic E-state index is 0.431. The molecule has 3 nitrogen and oxygen atoms in total. The fraction of sp³-hybridized carbons (Fsp3) is 0.222. The molecule has 2 aromatic heterocycles. The minimum Gasteiger partial charge on any atom is -0.355 e. The molecule has 0 aromatic carbocycles. The number of rotatable bonds is 2. The number of hydrogen-bond acceptors (Lipinski definition) is 4. The van der Waals surface area contributed by atoms with Gasteiger partial charge in [0.1, 0.15) is 5.69 Å². The number of nitrogens with two attached hydrogens (primary N) is 1. The molecule has 2 rings (SSSR count). The lowest BCUT2D eigenvalue weighted by molar-refractivity contribution is 0.424. The SMILES string of the molecule is Cc1c(CN)noc1-c1cccs1. The number of aromatic nitrogens is 1. The molecule has 0 aliphatic heterocycles. The first kappa shape index (κ1) is 8.47. The average molecular weight is 194 g/mol. The Bertz CT molecular complexity index is 392. The monoisotopic (exact) mass is 194 g/mol. The molecule has 0 bridgehead atoms. The lowest BCUT2D eigenvalue weighted by Crippen LogP contribution is -1.97. The van der Waals surface area contributed by atoms with Crippen molar-refractivity contribution in [3.8, 4) is 10.6 Å². The first-order valence-electron chi connectivity index (χ1n) is 4.02. The van der Waals surface area contributed by atoms with Gasteiger partial charge >= 0.3 is 0 Å². The van der Waals surface area contributed by atoms with Crippen LogP contribution in [-0.2, 0) is 6.54 Å². The molecule has 0 saturated heterocycles. The summed E-state index contributed by atoms with van der Waals surface area (Å²) in [6.07, 6.45) is 0. The maximum Gasteiger partial charge on any atom is 0.179 e. The average Bonchev–Trinajstić information content (AvgIpc) is 2.72. The van der Waals surface area contributed by atoms with Crippen LogP contribution in [0.5, 0.6) is 0 Å². The Balaban J connectivity index is 2.48. The third-order valence-electron chi connectivity index (χ3n) is 1.96. The second-order valence-corrected chi connectivity index (χ2v) is 3.71. The molecule has 0 atom stereocenters. The smallest absolute Gasteiger partial charge is 0.179 e. The van der Waals surface area contributed by atoms with Gasteiger partial charge in [0.2, 0.25) is 0 Å². The van der Waals surface area contributed by atoms with E-state index in [2.05, 4.69) is 5.16 Å². The molecule has 0 spiro atoms. The summed E-state index contributed by atoms with van der Waals surface area (Å²) in [5, 5.41) is 5.91. The third-order valence-corrected chi connectivity index (χ3v) is 2.83. The van der Waals surface area contributed by atoms with Crippen molar-refractivity contribution in [2.75, 3.05) is 0 Å². The highest BCUT2D eigenvalue weighted by Gasteiger charge is 2.12. The van der Waals surface area contributed by atoms with Gasteiger partial charge < -0.3 is 10.3 Å². The van der Waals surface area contributed by atoms with Gasteiger partial charge in [-0.2, -0.15) is 0 Å². The van der Waals surface area contributed by atoms with Gasteiger partial charge in [0.05, 0.1) is 4.88 Å².